The number of allylic oxidation sites excluding steroid dienone is 2. The van der Waals surface area contributed by atoms with Crippen molar-refractivity contribution in [1.82, 2.24) is 5.43 Å². The average Bonchev–Trinajstić information content (AvgIpc) is 2.33. The topological polar surface area (TPSA) is 38.8 Å². The Morgan fingerprint density at radius 1 is 1.33 bits per heavy atom. The summed E-state index contributed by atoms with van der Waals surface area (Å²) in [4.78, 5) is 3.90. The van der Waals surface area contributed by atoms with E-state index in [1.54, 1.807) is 18.6 Å². The molecule has 0 aliphatic carbocycles. The normalized spacial score (nSPS) is 20.4. The van der Waals surface area contributed by atoms with E-state index in [1.165, 1.54) is 0 Å². The Kier molecular flexibility index (Phi) is 0.773. The van der Waals surface area contributed by atoms with Crippen LogP contribution in [0.15, 0.2) is 33.6 Å². The summed E-state index contributed by atoms with van der Waals surface area (Å²) in [6.07, 6.45) is 7.01. The molecule has 0 atom stereocenters. The summed E-state index contributed by atoms with van der Waals surface area (Å²) in [6, 6.07) is 0. The third kappa shape index (κ3) is 0.579. The summed E-state index contributed by atoms with van der Waals surface area (Å²) >= 11 is 0. The van der Waals surface area contributed by atoms with Gasteiger partial charge in [-0.05, 0) is 6.08 Å². The molecule has 2 rings (SSSR count). The number of rotatable bonds is 0. The summed E-state index contributed by atoms with van der Waals surface area (Å²) in [5, 5.41) is 3.70. The SMILES string of the molecule is C1=NC=C2[N]N=CC=C12. The van der Waals surface area contributed by atoms with Crippen LogP contribution in [0.25, 0.3) is 0 Å². The third-order valence-corrected chi connectivity index (χ3v) is 1.19. The van der Waals surface area contributed by atoms with Crippen LogP contribution < -0.4 is 5.43 Å². The second-order valence-corrected chi connectivity index (χ2v) is 1.78. The zero-order valence-corrected chi connectivity index (χ0v) is 4.65. The third-order valence-electron chi connectivity index (χ3n) is 1.19. The molecule has 0 bridgehead atoms. The van der Waals surface area contributed by atoms with E-state index in [2.05, 4.69) is 15.5 Å². The highest BCUT2D eigenvalue weighted by Crippen LogP contribution is 2.13. The molecule has 0 aromatic rings. The van der Waals surface area contributed by atoms with Crippen LogP contribution in [0.3, 0.4) is 0 Å². The monoisotopic (exact) mass is 118 g/mol. The molecule has 0 aromatic carbocycles. The molecule has 43 valence electrons. The minimum absolute atomic E-state index is 0.859. The van der Waals surface area contributed by atoms with E-state index in [1.807, 2.05) is 6.08 Å². The standard InChI is InChI=1S/C6H4N3/c1-2-8-9-6-4-7-3-5(1)6/h1-4H. The van der Waals surface area contributed by atoms with Crippen LogP contribution in [0.5, 0.6) is 0 Å². The first-order chi connectivity index (χ1) is 4.47. The van der Waals surface area contributed by atoms with Crippen LogP contribution in [0, 0.1) is 0 Å². The minimum Gasteiger partial charge on any atom is -0.262 e. The number of hydrogen-bond donors (Lipinski definition) is 0. The highest BCUT2D eigenvalue weighted by molar-refractivity contribution is 5.94. The maximum absolute atomic E-state index is 3.90. The number of fused-ring (bicyclic) bond motifs is 1. The fourth-order valence-electron chi connectivity index (χ4n) is 0.750. The lowest BCUT2D eigenvalue weighted by Crippen LogP contribution is -2.02. The van der Waals surface area contributed by atoms with E-state index >= 15 is 0 Å². The van der Waals surface area contributed by atoms with Crippen LogP contribution in [0.2, 0.25) is 0 Å². The number of nitrogens with zero attached hydrogens (tertiary/aromatic N) is 3. The predicted octanol–water partition coefficient (Wildman–Crippen LogP) is 0.442. The fraction of sp³-hybridized carbons (Fsp3) is 0. The second-order valence-electron chi connectivity index (χ2n) is 1.78. The van der Waals surface area contributed by atoms with Crippen molar-refractivity contribution in [1.29, 1.82) is 0 Å². The molecule has 9 heavy (non-hydrogen) atoms. The molecule has 0 saturated carbocycles. The van der Waals surface area contributed by atoms with Crippen molar-refractivity contribution in [3.63, 3.8) is 0 Å². The summed E-state index contributed by atoms with van der Waals surface area (Å²) in [6.45, 7) is 0. The van der Waals surface area contributed by atoms with Crippen molar-refractivity contribution < 1.29 is 0 Å². The molecule has 3 heteroatoms. The van der Waals surface area contributed by atoms with E-state index < -0.39 is 0 Å². The van der Waals surface area contributed by atoms with Crippen molar-refractivity contribution in [3.8, 4) is 0 Å². The van der Waals surface area contributed by atoms with Gasteiger partial charge in [-0.3, -0.25) is 4.99 Å². The van der Waals surface area contributed by atoms with Crippen molar-refractivity contribution in [2.45, 2.75) is 0 Å². The van der Waals surface area contributed by atoms with E-state index in [0.717, 1.165) is 11.3 Å². The first kappa shape index (κ1) is 4.49. The molecule has 0 unspecified atom stereocenters. The lowest BCUT2D eigenvalue weighted by atomic mass is 10.2. The zero-order chi connectivity index (χ0) is 6.10. The largest absolute Gasteiger partial charge is 0.262 e. The van der Waals surface area contributed by atoms with Gasteiger partial charge in [0.15, 0.2) is 0 Å². The van der Waals surface area contributed by atoms with Gasteiger partial charge in [-0.15, -0.1) is 5.43 Å². The minimum atomic E-state index is 0.859. The highest BCUT2D eigenvalue weighted by Gasteiger charge is 2.09. The van der Waals surface area contributed by atoms with Crippen LogP contribution in [0.1, 0.15) is 0 Å². The van der Waals surface area contributed by atoms with E-state index in [4.69, 9.17) is 0 Å². The van der Waals surface area contributed by atoms with Crippen LogP contribution in [-0.4, -0.2) is 12.4 Å². The van der Waals surface area contributed by atoms with Gasteiger partial charge in [0.25, 0.3) is 0 Å². The molecular weight excluding hydrogens is 114 g/mol. The Labute approximate surface area is 52.5 Å². The summed E-state index contributed by atoms with van der Waals surface area (Å²) in [5.74, 6) is 0. The fourth-order valence-corrected chi connectivity index (χ4v) is 0.750. The Morgan fingerprint density at radius 3 is 3.22 bits per heavy atom. The maximum atomic E-state index is 3.90. The molecule has 2 aliphatic rings. The highest BCUT2D eigenvalue weighted by atomic mass is 15.3. The van der Waals surface area contributed by atoms with Crippen LogP contribution in [-0.2, 0) is 0 Å². The van der Waals surface area contributed by atoms with Crippen LogP contribution in [0.4, 0.5) is 0 Å². The van der Waals surface area contributed by atoms with Crippen LogP contribution >= 0.6 is 0 Å². The molecule has 0 saturated heterocycles. The van der Waals surface area contributed by atoms with Crippen molar-refractivity contribution in [2.24, 2.45) is 10.1 Å². The van der Waals surface area contributed by atoms with Gasteiger partial charge >= 0.3 is 0 Å². The molecule has 0 aromatic heterocycles. The van der Waals surface area contributed by atoms with Crippen molar-refractivity contribution >= 4 is 12.4 Å². The average molecular weight is 118 g/mol. The van der Waals surface area contributed by atoms with Crippen molar-refractivity contribution in [2.75, 3.05) is 0 Å². The summed E-state index contributed by atoms with van der Waals surface area (Å²) in [5.41, 5.74) is 5.73. The Hall–Kier alpha value is -1.38. The lowest BCUT2D eigenvalue weighted by Gasteiger charge is -2.00. The Morgan fingerprint density at radius 2 is 2.33 bits per heavy atom. The van der Waals surface area contributed by atoms with Gasteiger partial charge in [0, 0.05) is 11.8 Å². The lowest BCUT2D eigenvalue weighted by molar-refractivity contribution is 0.890. The Balaban J connectivity index is 2.46. The molecule has 0 fully saturated rings. The van der Waals surface area contributed by atoms with Gasteiger partial charge in [0.1, 0.15) is 5.70 Å². The zero-order valence-electron chi connectivity index (χ0n) is 4.65. The first-order valence-electron chi connectivity index (χ1n) is 2.65. The predicted molar refractivity (Wildman–Crippen MR) is 35.3 cm³/mol. The quantitative estimate of drug-likeness (QED) is 0.443. The summed E-state index contributed by atoms with van der Waals surface area (Å²) < 4.78 is 0. The van der Waals surface area contributed by atoms with E-state index in [0.29, 0.717) is 0 Å². The molecule has 0 N–H and O–H groups in total. The van der Waals surface area contributed by atoms with Gasteiger partial charge in [-0.1, -0.05) is 0 Å². The van der Waals surface area contributed by atoms with Gasteiger partial charge in [0.05, 0.1) is 12.4 Å². The van der Waals surface area contributed by atoms with Crippen molar-refractivity contribution in [3.05, 3.63) is 23.5 Å². The Bertz CT molecular complexity index is 245. The molecule has 0 spiro atoms. The molecule has 3 nitrogen and oxygen atoms in total. The maximum Gasteiger partial charge on any atom is 0.113 e. The number of aliphatic imine (C=N–C) groups is 1. The smallest absolute Gasteiger partial charge is 0.113 e. The van der Waals surface area contributed by atoms with Gasteiger partial charge < -0.3 is 0 Å². The van der Waals surface area contributed by atoms with Gasteiger partial charge in [-0.2, -0.15) is 5.10 Å². The number of hydrogen-bond acceptors (Lipinski definition) is 2. The molecular formula is C6H4N3. The van der Waals surface area contributed by atoms with Gasteiger partial charge in [-0.25, -0.2) is 0 Å². The molecule has 2 heterocycles. The first-order valence-corrected chi connectivity index (χ1v) is 2.65. The summed E-state index contributed by atoms with van der Waals surface area (Å²) in [7, 11) is 0. The second kappa shape index (κ2) is 1.55. The van der Waals surface area contributed by atoms with E-state index in [-0.39, 0.29) is 0 Å². The van der Waals surface area contributed by atoms with Gasteiger partial charge in [0.2, 0.25) is 0 Å². The molecule has 2 aliphatic heterocycles. The molecule has 1 radical (unpaired) electrons. The molecule has 0 amide bonds. The van der Waals surface area contributed by atoms with E-state index in [9.17, 15) is 0 Å².